The standard InChI is InChI=1S/C16H18N2O/c17-15(6-5-14-3-1-2-9-18-14)12-4-7-16-13(11-12)8-10-19-16/h1-4,7,9,11,15H,5-6,8,10,17H2. The summed E-state index contributed by atoms with van der Waals surface area (Å²) in [5.74, 6) is 1.01. The van der Waals surface area contributed by atoms with Gasteiger partial charge in [0.1, 0.15) is 5.75 Å². The summed E-state index contributed by atoms with van der Waals surface area (Å²) in [5, 5.41) is 0. The molecule has 1 aliphatic rings. The van der Waals surface area contributed by atoms with Crippen molar-refractivity contribution in [1.82, 2.24) is 4.98 Å². The first kappa shape index (κ1) is 12.2. The van der Waals surface area contributed by atoms with Crippen molar-refractivity contribution >= 4 is 0 Å². The lowest BCUT2D eigenvalue weighted by atomic mass is 9.99. The third-order valence-corrected chi connectivity index (χ3v) is 3.58. The number of ether oxygens (including phenoxy) is 1. The Morgan fingerprint density at radius 1 is 1.26 bits per heavy atom. The van der Waals surface area contributed by atoms with Gasteiger partial charge < -0.3 is 10.5 Å². The van der Waals surface area contributed by atoms with Crippen LogP contribution in [-0.2, 0) is 12.8 Å². The van der Waals surface area contributed by atoms with E-state index in [1.807, 2.05) is 30.5 Å². The molecular formula is C16H18N2O. The molecule has 1 aromatic heterocycles. The first-order chi connectivity index (χ1) is 9.33. The van der Waals surface area contributed by atoms with Crippen LogP contribution in [0.2, 0.25) is 0 Å². The van der Waals surface area contributed by atoms with E-state index in [9.17, 15) is 0 Å². The minimum atomic E-state index is 0.0629. The Hall–Kier alpha value is -1.87. The molecule has 1 aliphatic heterocycles. The minimum Gasteiger partial charge on any atom is -0.493 e. The molecule has 2 N–H and O–H groups in total. The monoisotopic (exact) mass is 254 g/mol. The Morgan fingerprint density at radius 3 is 3.05 bits per heavy atom. The van der Waals surface area contributed by atoms with Crippen molar-refractivity contribution in [2.75, 3.05) is 6.61 Å². The van der Waals surface area contributed by atoms with Crippen molar-refractivity contribution in [3.63, 3.8) is 0 Å². The highest BCUT2D eigenvalue weighted by Crippen LogP contribution is 2.28. The molecule has 3 heteroatoms. The summed E-state index contributed by atoms with van der Waals surface area (Å²) in [6.45, 7) is 0.794. The van der Waals surface area contributed by atoms with Gasteiger partial charge in [-0.3, -0.25) is 4.98 Å². The first-order valence-electron chi connectivity index (χ1n) is 6.74. The predicted molar refractivity (Wildman–Crippen MR) is 75.1 cm³/mol. The molecule has 2 heterocycles. The van der Waals surface area contributed by atoms with Crippen LogP contribution in [-0.4, -0.2) is 11.6 Å². The van der Waals surface area contributed by atoms with Gasteiger partial charge in [-0.1, -0.05) is 18.2 Å². The zero-order valence-electron chi connectivity index (χ0n) is 10.9. The molecule has 1 unspecified atom stereocenters. The van der Waals surface area contributed by atoms with E-state index in [1.165, 1.54) is 11.1 Å². The summed E-state index contributed by atoms with van der Waals surface area (Å²) in [7, 11) is 0. The van der Waals surface area contributed by atoms with Gasteiger partial charge in [-0.15, -0.1) is 0 Å². The largest absolute Gasteiger partial charge is 0.493 e. The molecule has 98 valence electrons. The van der Waals surface area contributed by atoms with Crippen molar-refractivity contribution < 1.29 is 4.74 Å². The molecule has 0 amide bonds. The van der Waals surface area contributed by atoms with Crippen LogP contribution in [0, 0.1) is 0 Å². The third-order valence-electron chi connectivity index (χ3n) is 3.58. The summed E-state index contributed by atoms with van der Waals surface area (Å²) < 4.78 is 5.51. The van der Waals surface area contributed by atoms with Crippen LogP contribution in [0.15, 0.2) is 42.6 Å². The molecule has 19 heavy (non-hydrogen) atoms. The second-order valence-corrected chi connectivity index (χ2v) is 4.93. The third kappa shape index (κ3) is 2.76. The van der Waals surface area contributed by atoms with Gasteiger partial charge in [0.15, 0.2) is 0 Å². The van der Waals surface area contributed by atoms with Gasteiger partial charge in [-0.2, -0.15) is 0 Å². The van der Waals surface area contributed by atoms with Crippen LogP contribution in [0.25, 0.3) is 0 Å². The smallest absolute Gasteiger partial charge is 0.122 e. The van der Waals surface area contributed by atoms with E-state index in [1.54, 1.807) is 0 Å². The summed E-state index contributed by atoms with van der Waals surface area (Å²) >= 11 is 0. The molecule has 1 atom stereocenters. The fraction of sp³-hybridized carbons (Fsp3) is 0.312. The predicted octanol–water partition coefficient (Wildman–Crippen LogP) is 2.65. The van der Waals surface area contributed by atoms with Crippen molar-refractivity contribution in [3.05, 3.63) is 59.4 Å². The zero-order chi connectivity index (χ0) is 13.1. The number of hydrogen-bond acceptors (Lipinski definition) is 3. The fourth-order valence-electron chi connectivity index (χ4n) is 2.45. The summed E-state index contributed by atoms with van der Waals surface area (Å²) in [6, 6.07) is 12.4. The zero-order valence-corrected chi connectivity index (χ0v) is 10.9. The number of benzene rings is 1. The van der Waals surface area contributed by atoms with Crippen LogP contribution in [0.1, 0.15) is 29.3 Å². The average molecular weight is 254 g/mol. The molecule has 0 saturated carbocycles. The van der Waals surface area contributed by atoms with E-state index in [4.69, 9.17) is 10.5 Å². The number of hydrogen-bond donors (Lipinski definition) is 1. The number of rotatable bonds is 4. The van der Waals surface area contributed by atoms with Gasteiger partial charge in [0.25, 0.3) is 0 Å². The Bertz CT molecular complexity index is 554. The highest BCUT2D eigenvalue weighted by atomic mass is 16.5. The van der Waals surface area contributed by atoms with E-state index < -0.39 is 0 Å². The maximum atomic E-state index is 6.27. The maximum Gasteiger partial charge on any atom is 0.122 e. The summed E-state index contributed by atoms with van der Waals surface area (Å²) in [6.07, 6.45) is 4.65. The lowest BCUT2D eigenvalue weighted by Gasteiger charge is -2.12. The molecule has 0 aliphatic carbocycles. The van der Waals surface area contributed by atoms with Crippen LogP contribution >= 0.6 is 0 Å². The van der Waals surface area contributed by atoms with E-state index >= 15 is 0 Å². The van der Waals surface area contributed by atoms with Crippen molar-refractivity contribution in [2.24, 2.45) is 5.73 Å². The number of aromatic nitrogens is 1. The van der Waals surface area contributed by atoms with E-state index in [2.05, 4.69) is 17.1 Å². The van der Waals surface area contributed by atoms with Gasteiger partial charge in [-0.05, 0) is 42.2 Å². The Labute approximate surface area is 113 Å². The molecule has 3 rings (SSSR count). The molecule has 0 saturated heterocycles. The highest BCUT2D eigenvalue weighted by Gasteiger charge is 2.14. The van der Waals surface area contributed by atoms with Crippen molar-refractivity contribution in [3.8, 4) is 5.75 Å². The van der Waals surface area contributed by atoms with Gasteiger partial charge in [0, 0.05) is 24.4 Å². The molecule has 2 aromatic rings. The molecule has 0 fully saturated rings. The van der Waals surface area contributed by atoms with Crippen LogP contribution < -0.4 is 10.5 Å². The number of aryl methyl sites for hydroxylation is 1. The molecule has 1 aromatic carbocycles. The van der Waals surface area contributed by atoms with Gasteiger partial charge >= 0.3 is 0 Å². The van der Waals surface area contributed by atoms with E-state index in [0.29, 0.717) is 0 Å². The highest BCUT2D eigenvalue weighted by molar-refractivity contribution is 5.40. The van der Waals surface area contributed by atoms with Crippen LogP contribution in [0.4, 0.5) is 0 Å². The second-order valence-electron chi connectivity index (χ2n) is 4.93. The SMILES string of the molecule is NC(CCc1ccccn1)c1ccc2c(c1)CCO2. The lowest BCUT2D eigenvalue weighted by molar-refractivity contribution is 0.357. The number of fused-ring (bicyclic) bond motifs is 1. The molecule has 0 radical (unpaired) electrons. The van der Waals surface area contributed by atoms with Crippen molar-refractivity contribution in [1.29, 1.82) is 0 Å². The molecule has 3 nitrogen and oxygen atoms in total. The quantitative estimate of drug-likeness (QED) is 0.912. The van der Waals surface area contributed by atoms with E-state index in [-0.39, 0.29) is 6.04 Å². The summed E-state index contributed by atoms with van der Waals surface area (Å²) in [5.41, 5.74) is 9.85. The minimum absolute atomic E-state index is 0.0629. The first-order valence-corrected chi connectivity index (χ1v) is 6.74. The molecule has 0 spiro atoms. The number of nitrogens with zero attached hydrogens (tertiary/aromatic N) is 1. The maximum absolute atomic E-state index is 6.27. The fourth-order valence-corrected chi connectivity index (χ4v) is 2.45. The Morgan fingerprint density at radius 2 is 2.21 bits per heavy atom. The van der Waals surface area contributed by atoms with Crippen LogP contribution in [0.3, 0.4) is 0 Å². The summed E-state index contributed by atoms with van der Waals surface area (Å²) in [4.78, 5) is 4.33. The Balaban J connectivity index is 1.65. The molecule has 0 bridgehead atoms. The second kappa shape index (κ2) is 5.41. The van der Waals surface area contributed by atoms with Crippen molar-refractivity contribution in [2.45, 2.75) is 25.3 Å². The normalized spacial score (nSPS) is 14.8. The van der Waals surface area contributed by atoms with Gasteiger partial charge in [0.05, 0.1) is 6.61 Å². The number of nitrogens with two attached hydrogens (primary N) is 1. The average Bonchev–Trinajstić information content (AvgIpc) is 2.93. The lowest BCUT2D eigenvalue weighted by Crippen LogP contribution is -2.11. The van der Waals surface area contributed by atoms with Gasteiger partial charge in [-0.25, -0.2) is 0 Å². The molecular weight excluding hydrogens is 236 g/mol. The topological polar surface area (TPSA) is 48.1 Å². The Kier molecular flexibility index (Phi) is 3.47. The van der Waals surface area contributed by atoms with Crippen LogP contribution in [0.5, 0.6) is 5.75 Å². The number of pyridine rings is 1. The van der Waals surface area contributed by atoms with Gasteiger partial charge in [0.2, 0.25) is 0 Å². The van der Waals surface area contributed by atoms with E-state index in [0.717, 1.165) is 37.3 Å².